The zero-order valence-electron chi connectivity index (χ0n) is 7.00. The first-order chi connectivity index (χ1) is 6.27. The number of H-pyrrole nitrogens is 1. The van der Waals surface area contributed by atoms with Crippen LogP contribution in [0.1, 0.15) is 19.3 Å². The molecule has 0 amide bonds. The molecule has 1 aliphatic rings. The quantitative estimate of drug-likeness (QED) is 0.559. The Hall–Kier alpha value is -1.58. The van der Waals surface area contributed by atoms with Crippen molar-refractivity contribution in [1.29, 1.82) is 0 Å². The monoisotopic (exact) mass is 179 g/mol. The van der Waals surface area contributed by atoms with Crippen LogP contribution in [0.4, 0.5) is 0 Å². The molecular weight excluding hydrogens is 170 g/mol. The molecule has 13 heavy (non-hydrogen) atoms. The Balaban J connectivity index is 2.97. The van der Waals surface area contributed by atoms with Gasteiger partial charge < -0.3 is 4.42 Å². The van der Waals surface area contributed by atoms with Crippen molar-refractivity contribution in [1.82, 2.24) is 4.98 Å². The van der Waals surface area contributed by atoms with Gasteiger partial charge in [0.25, 0.3) is 0 Å². The highest BCUT2D eigenvalue weighted by Gasteiger charge is 1.99. The molecule has 1 aromatic heterocycles. The van der Waals surface area contributed by atoms with Gasteiger partial charge in [0, 0.05) is 0 Å². The van der Waals surface area contributed by atoms with Crippen LogP contribution in [0.3, 0.4) is 0 Å². The summed E-state index contributed by atoms with van der Waals surface area (Å²) in [7, 11) is 0. The van der Waals surface area contributed by atoms with Crippen LogP contribution in [0.2, 0.25) is 0 Å². The summed E-state index contributed by atoms with van der Waals surface area (Å²) >= 11 is 0. The van der Waals surface area contributed by atoms with Gasteiger partial charge in [0.1, 0.15) is 0 Å². The normalized spacial score (nSPS) is 15.1. The third-order valence-electron chi connectivity index (χ3n) is 2.04. The van der Waals surface area contributed by atoms with Crippen LogP contribution in [0.25, 0.3) is 12.2 Å². The lowest BCUT2D eigenvalue weighted by molar-refractivity contribution is 0.440. The molecule has 68 valence electrons. The Morgan fingerprint density at radius 1 is 1.23 bits per heavy atom. The molecule has 4 heteroatoms. The summed E-state index contributed by atoms with van der Waals surface area (Å²) in [5, 5.41) is 1.08. The molecular formula is C9H9NO3. The second-order valence-corrected chi connectivity index (χ2v) is 2.97. The van der Waals surface area contributed by atoms with E-state index in [2.05, 4.69) is 9.40 Å². The number of nitrogens with one attached hydrogen (secondary N) is 1. The highest BCUT2D eigenvalue weighted by molar-refractivity contribution is 5.29. The lowest BCUT2D eigenvalue weighted by Crippen LogP contribution is -2.44. The smallest absolute Gasteiger partial charge is 0.372 e. The van der Waals surface area contributed by atoms with Crippen LogP contribution >= 0.6 is 0 Å². The molecule has 1 aromatic rings. The van der Waals surface area contributed by atoms with E-state index in [4.69, 9.17) is 0 Å². The average Bonchev–Trinajstić information content (AvgIpc) is 2.28. The highest BCUT2D eigenvalue weighted by Crippen LogP contribution is 1.97. The van der Waals surface area contributed by atoms with Crippen molar-refractivity contribution in [2.75, 3.05) is 0 Å². The largest absolute Gasteiger partial charge is 0.419 e. The maximum absolute atomic E-state index is 11.2. The highest BCUT2D eigenvalue weighted by atomic mass is 16.4. The van der Waals surface area contributed by atoms with Crippen molar-refractivity contribution in [3.05, 3.63) is 31.5 Å². The topological polar surface area (TPSA) is 63.1 Å². The molecule has 0 saturated carbocycles. The average molecular weight is 179 g/mol. The Labute approximate surface area is 73.2 Å². The van der Waals surface area contributed by atoms with Gasteiger partial charge in [0.2, 0.25) is 0 Å². The van der Waals surface area contributed by atoms with E-state index in [9.17, 15) is 9.59 Å². The van der Waals surface area contributed by atoms with Gasteiger partial charge in [0.15, 0.2) is 0 Å². The maximum Gasteiger partial charge on any atom is 0.419 e. The van der Waals surface area contributed by atoms with Crippen molar-refractivity contribution in [2.45, 2.75) is 19.3 Å². The van der Waals surface area contributed by atoms with Crippen LogP contribution in [0.5, 0.6) is 0 Å². The second-order valence-electron chi connectivity index (χ2n) is 2.97. The number of hydrogen-bond donors (Lipinski definition) is 1. The molecule has 0 radical (unpaired) electrons. The SMILES string of the molecule is O=c1[nH]c2c(c(=O)o1)=CCCCC=2. The zero-order valence-corrected chi connectivity index (χ0v) is 7.00. The maximum atomic E-state index is 11.2. The predicted octanol–water partition coefficient (Wildman–Crippen LogP) is -0.927. The third kappa shape index (κ3) is 1.47. The molecule has 1 aliphatic carbocycles. The predicted molar refractivity (Wildman–Crippen MR) is 47.6 cm³/mol. The van der Waals surface area contributed by atoms with E-state index in [0.29, 0.717) is 10.6 Å². The standard InChI is InChI=1S/C9H9NO3/c11-8-6-4-2-1-3-5-7(6)10-9(12)13-8/h4-5H,1-3H2,(H,10,12). The van der Waals surface area contributed by atoms with Crippen LogP contribution in [-0.4, -0.2) is 4.98 Å². The van der Waals surface area contributed by atoms with Gasteiger partial charge in [-0.3, -0.25) is 4.98 Å². The van der Waals surface area contributed by atoms with Gasteiger partial charge in [-0.1, -0.05) is 12.2 Å². The van der Waals surface area contributed by atoms with Crippen molar-refractivity contribution >= 4 is 12.2 Å². The van der Waals surface area contributed by atoms with Crippen LogP contribution in [-0.2, 0) is 0 Å². The summed E-state index contributed by atoms with van der Waals surface area (Å²) < 4.78 is 4.41. The second kappa shape index (κ2) is 3.05. The zero-order chi connectivity index (χ0) is 9.26. The molecule has 1 heterocycles. The minimum atomic E-state index is -0.685. The van der Waals surface area contributed by atoms with Crippen molar-refractivity contribution < 1.29 is 4.42 Å². The van der Waals surface area contributed by atoms with Gasteiger partial charge in [-0.15, -0.1) is 0 Å². The Bertz CT molecular complexity index is 535. The van der Waals surface area contributed by atoms with E-state index in [0.717, 1.165) is 19.3 Å². The van der Waals surface area contributed by atoms with Crippen LogP contribution in [0.15, 0.2) is 14.0 Å². The molecule has 0 unspecified atom stereocenters. The molecule has 0 aromatic carbocycles. The molecule has 2 rings (SSSR count). The molecule has 0 bridgehead atoms. The summed E-state index contributed by atoms with van der Waals surface area (Å²) in [5.41, 5.74) is -0.545. The Kier molecular flexibility index (Phi) is 1.88. The Morgan fingerprint density at radius 2 is 2.00 bits per heavy atom. The first kappa shape index (κ1) is 8.04. The number of fused-ring (bicyclic) bond motifs is 1. The van der Waals surface area contributed by atoms with Crippen molar-refractivity contribution in [3.8, 4) is 0 Å². The van der Waals surface area contributed by atoms with E-state index in [1.54, 1.807) is 6.08 Å². The number of aromatic nitrogens is 1. The van der Waals surface area contributed by atoms with Crippen molar-refractivity contribution in [2.24, 2.45) is 0 Å². The molecule has 4 nitrogen and oxygen atoms in total. The van der Waals surface area contributed by atoms with E-state index < -0.39 is 11.4 Å². The first-order valence-corrected chi connectivity index (χ1v) is 4.21. The summed E-state index contributed by atoms with van der Waals surface area (Å²) in [6.45, 7) is 0. The molecule has 0 saturated heterocycles. The van der Waals surface area contributed by atoms with E-state index in [-0.39, 0.29) is 0 Å². The summed E-state index contributed by atoms with van der Waals surface area (Å²) in [5.74, 6) is -0.685. The van der Waals surface area contributed by atoms with Gasteiger partial charge in [-0.25, -0.2) is 9.59 Å². The lowest BCUT2D eigenvalue weighted by atomic mass is 10.2. The van der Waals surface area contributed by atoms with E-state index >= 15 is 0 Å². The van der Waals surface area contributed by atoms with E-state index in [1.165, 1.54) is 0 Å². The minimum absolute atomic E-state index is 0.483. The first-order valence-electron chi connectivity index (χ1n) is 4.21. The Morgan fingerprint density at radius 3 is 2.85 bits per heavy atom. The summed E-state index contributed by atoms with van der Waals surface area (Å²) in [6, 6.07) is 0. The summed E-state index contributed by atoms with van der Waals surface area (Å²) in [4.78, 5) is 24.5. The van der Waals surface area contributed by atoms with Gasteiger partial charge in [-0.05, 0) is 19.3 Å². The van der Waals surface area contributed by atoms with Gasteiger partial charge >= 0.3 is 11.4 Å². The molecule has 1 N–H and O–H groups in total. The van der Waals surface area contributed by atoms with Crippen LogP contribution in [0, 0.1) is 0 Å². The molecule has 0 fully saturated rings. The molecule has 0 atom stereocenters. The number of aromatic amines is 1. The minimum Gasteiger partial charge on any atom is -0.372 e. The third-order valence-corrected chi connectivity index (χ3v) is 2.04. The van der Waals surface area contributed by atoms with Gasteiger partial charge in [-0.2, -0.15) is 0 Å². The number of rotatable bonds is 0. The number of hydrogen-bond acceptors (Lipinski definition) is 3. The summed E-state index contributed by atoms with van der Waals surface area (Å²) in [6.07, 6.45) is 6.39. The fourth-order valence-electron chi connectivity index (χ4n) is 1.42. The molecule has 0 aliphatic heterocycles. The van der Waals surface area contributed by atoms with Gasteiger partial charge in [0.05, 0.1) is 10.6 Å². The van der Waals surface area contributed by atoms with Crippen LogP contribution < -0.4 is 21.9 Å². The fourth-order valence-corrected chi connectivity index (χ4v) is 1.42. The molecule has 0 spiro atoms. The van der Waals surface area contributed by atoms with Crippen molar-refractivity contribution in [3.63, 3.8) is 0 Å². The lowest BCUT2D eigenvalue weighted by Gasteiger charge is -1.85. The van der Waals surface area contributed by atoms with E-state index in [1.807, 2.05) is 6.08 Å². The fraction of sp³-hybridized carbons (Fsp3) is 0.333.